The van der Waals surface area contributed by atoms with Crippen molar-refractivity contribution in [3.05, 3.63) is 65.7 Å². The van der Waals surface area contributed by atoms with Gasteiger partial charge in [-0.1, -0.05) is 42.5 Å². The predicted molar refractivity (Wildman–Crippen MR) is 83.9 cm³/mol. The molecule has 21 heavy (non-hydrogen) atoms. The van der Waals surface area contributed by atoms with E-state index in [9.17, 15) is 9.59 Å². The summed E-state index contributed by atoms with van der Waals surface area (Å²) in [7, 11) is 1.36. The first kappa shape index (κ1) is 15.3. The van der Waals surface area contributed by atoms with Gasteiger partial charge in [0.15, 0.2) is 5.78 Å². The van der Waals surface area contributed by atoms with E-state index in [1.807, 2.05) is 42.5 Å². The molecule has 0 aliphatic carbocycles. The van der Waals surface area contributed by atoms with E-state index in [4.69, 9.17) is 4.74 Å². The normalized spacial score (nSPS) is 10.1. The second-order valence-corrected chi connectivity index (χ2v) is 5.51. The van der Waals surface area contributed by atoms with Crippen molar-refractivity contribution in [3.63, 3.8) is 0 Å². The fraction of sp³-hybridized carbons (Fsp3) is 0.176. The lowest BCUT2D eigenvalue weighted by atomic mass is 10.1. The van der Waals surface area contributed by atoms with Crippen LogP contribution in [0.4, 0.5) is 0 Å². The van der Waals surface area contributed by atoms with Gasteiger partial charge in [0, 0.05) is 22.6 Å². The number of hydrogen-bond donors (Lipinski definition) is 0. The number of rotatable bonds is 6. The number of esters is 1. The average molecular weight is 300 g/mol. The Kier molecular flexibility index (Phi) is 5.58. The molecule has 0 fully saturated rings. The van der Waals surface area contributed by atoms with E-state index in [1.54, 1.807) is 12.1 Å². The smallest absolute Gasteiger partial charge is 0.338 e. The summed E-state index contributed by atoms with van der Waals surface area (Å²) in [5.41, 5.74) is 1.26. The van der Waals surface area contributed by atoms with Crippen LogP contribution in [0.25, 0.3) is 0 Å². The first-order valence-corrected chi connectivity index (χ1v) is 7.59. The van der Waals surface area contributed by atoms with Gasteiger partial charge in [0.2, 0.25) is 0 Å². The lowest BCUT2D eigenvalue weighted by Gasteiger charge is -2.07. The first-order chi connectivity index (χ1) is 10.2. The van der Waals surface area contributed by atoms with Gasteiger partial charge in [0.05, 0.1) is 12.7 Å². The molecule has 0 amide bonds. The molecular weight excluding hydrogens is 284 g/mol. The topological polar surface area (TPSA) is 43.4 Å². The molecule has 0 saturated heterocycles. The highest BCUT2D eigenvalue weighted by Gasteiger charge is 2.12. The number of hydrogen-bond acceptors (Lipinski definition) is 4. The molecule has 0 radical (unpaired) electrons. The standard InChI is InChI=1S/C17H16O3S/c1-20-17(19)14-9-5-6-10-16(14)21-12-11-15(18)13-7-3-2-4-8-13/h2-10H,11-12H2,1H3. The number of thioether (sulfide) groups is 1. The highest BCUT2D eigenvalue weighted by atomic mass is 32.2. The molecule has 0 aromatic heterocycles. The van der Waals surface area contributed by atoms with Crippen molar-refractivity contribution in [3.8, 4) is 0 Å². The molecule has 0 bridgehead atoms. The minimum Gasteiger partial charge on any atom is -0.465 e. The molecule has 0 atom stereocenters. The van der Waals surface area contributed by atoms with Gasteiger partial charge in [-0.15, -0.1) is 11.8 Å². The number of Topliss-reactive ketones (excluding diaryl/α,β-unsaturated/α-hetero) is 1. The van der Waals surface area contributed by atoms with Crippen LogP contribution in [-0.2, 0) is 4.74 Å². The van der Waals surface area contributed by atoms with Gasteiger partial charge in [-0.3, -0.25) is 4.79 Å². The highest BCUT2D eigenvalue weighted by molar-refractivity contribution is 7.99. The van der Waals surface area contributed by atoms with Gasteiger partial charge >= 0.3 is 5.97 Å². The zero-order valence-corrected chi connectivity index (χ0v) is 12.6. The Hall–Kier alpha value is -2.07. The summed E-state index contributed by atoms with van der Waals surface area (Å²) in [6.07, 6.45) is 0.435. The third-order valence-electron chi connectivity index (χ3n) is 2.97. The molecule has 2 aromatic rings. The Morgan fingerprint density at radius 3 is 2.38 bits per heavy atom. The van der Waals surface area contributed by atoms with Crippen LogP contribution in [0.15, 0.2) is 59.5 Å². The van der Waals surface area contributed by atoms with Crippen molar-refractivity contribution in [1.82, 2.24) is 0 Å². The SMILES string of the molecule is COC(=O)c1ccccc1SCCC(=O)c1ccccc1. The van der Waals surface area contributed by atoms with E-state index in [1.165, 1.54) is 18.9 Å². The molecule has 0 aliphatic rings. The lowest BCUT2D eigenvalue weighted by molar-refractivity contribution is 0.0596. The van der Waals surface area contributed by atoms with Crippen LogP contribution in [-0.4, -0.2) is 24.6 Å². The van der Waals surface area contributed by atoms with Gasteiger partial charge in [0.1, 0.15) is 0 Å². The van der Waals surface area contributed by atoms with Crippen molar-refractivity contribution in [2.75, 3.05) is 12.9 Å². The maximum Gasteiger partial charge on any atom is 0.338 e. The maximum atomic E-state index is 12.0. The van der Waals surface area contributed by atoms with Crippen molar-refractivity contribution in [1.29, 1.82) is 0 Å². The lowest BCUT2D eigenvalue weighted by Crippen LogP contribution is -2.04. The van der Waals surface area contributed by atoms with Gasteiger partial charge < -0.3 is 4.74 Å². The second kappa shape index (κ2) is 7.64. The zero-order valence-electron chi connectivity index (χ0n) is 11.7. The molecule has 0 spiro atoms. The Morgan fingerprint density at radius 1 is 1.00 bits per heavy atom. The molecule has 0 unspecified atom stereocenters. The third kappa shape index (κ3) is 4.20. The largest absolute Gasteiger partial charge is 0.465 e. The van der Waals surface area contributed by atoms with Crippen molar-refractivity contribution >= 4 is 23.5 Å². The van der Waals surface area contributed by atoms with Crippen molar-refractivity contribution in [2.45, 2.75) is 11.3 Å². The van der Waals surface area contributed by atoms with Crippen LogP contribution in [0, 0.1) is 0 Å². The molecule has 0 aliphatic heterocycles. The molecule has 0 heterocycles. The maximum absolute atomic E-state index is 12.0. The number of ketones is 1. The van der Waals surface area contributed by atoms with Crippen molar-refractivity contribution < 1.29 is 14.3 Å². The molecule has 3 nitrogen and oxygen atoms in total. The van der Waals surface area contributed by atoms with E-state index in [2.05, 4.69) is 0 Å². The molecule has 2 rings (SSSR count). The molecule has 4 heteroatoms. The second-order valence-electron chi connectivity index (χ2n) is 4.38. The summed E-state index contributed by atoms with van der Waals surface area (Å²) in [5, 5.41) is 0. The Bertz CT molecular complexity index is 623. The minimum atomic E-state index is -0.354. The highest BCUT2D eigenvalue weighted by Crippen LogP contribution is 2.24. The van der Waals surface area contributed by atoms with Gasteiger partial charge in [-0.25, -0.2) is 4.79 Å². The van der Waals surface area contributed by atoms with Crippen LogP contribution in [0.5, 0.6) is 0 Å². The molecular formula is C17H16O3S. The molecule has 2 aromatic carbocycles. The van der Waals surface area contributed by atoms with Crippen LogP contribution >= 0.6 is 11.8 Å². The number of carbonyl (C=O) groups excluding carboxylic acids is 2. The quantitative estimate of drug-likeness (QED) is 0.462. The minimum absolute atomic E-state index is 0.110. The monoisotopic (exact) mass is 300 g/mol. The van der Waals surface area contributed by atoms with Gasteiger partial charge in [-0.05, 0) is 12.1 Å². The number of carbonyl (C=O) groups is 2. The third-order valence-corrected chi connectivity index (χ3v) is 4.05. The summed E-state index contributed by atoms with van der Waals surface area (Å²) in [6.45, 7) is 0. The van der Waals surface area contributed by atoms with E-state index in [0.29, 0.717) is 17.7 Å². The Labute approximate surface area is 128 Å². The number of ether oxygens (including phenoxy) is 1. The van der Waals surface area contributed by atoms with Crippen LogP contribution in [0.1, 0.15) is 27.1 Å². The Balaban J connectivity index is 1.95. The number of benzene rings is 2. The Morgan fingerprint density at radius 2 is 1.67 bits per heavy atom. The molecule has 0 N–H and O–H groups in total. The van der Waals surface area contributed by atoms with Crippen LogP contribution < -0.4 is 0 Å². The number of methoxy groups -OCH3 is 1. The summed E-state index contributed by atoms with van der Waals surface area (Å²) in [4.78, 5) is 24.5. The molecule has 0 saturated carbocycles. The fourth-order valence-electron chi connectivity index (χ4n) is 1.89. The average Bonchev–Trinajstić information content (AvgIpc) is 2.55. The summed E-state index contributed by atoms with van der Waals surface area (Å²) >= 11 is 1.49. The summed E-state index contributed by atoms with van der Waals surface area (Å²) in [5.74, 6) is 0.382. The van der Waals surface area contributed by atoms with Gasteiger partial charge in [0.25, 0.3) is 0 Å². The first-order valence-electron chi connectivity index (χ1n) is 6.61. The zero-order chi connectivity index (χ0) is 15.1. The predicted octanol–water partition coefficient (Wildman–Crippen LogP) is 3.84. The van der Waals surface area contributed by atoms with Crippen LogP contribution in [0.3, 0.4) is 0 Å². The van der Waals surface area contributed by atoms with Crippen LogP contribution in [0.2, 0.25) is 0 Å². The van der Waals surface area contributed by atoms with E-state index in [0.717, 1.165) is 10.5 Å². The fourth-order valence-corrected chi connectivity index (χ4v) is 2.88. The van der Waals surface area contributed by atoms with Gasteiger partial charge in [-0.2, -0.15) is 0 Å². The van der Waals surface area contributed by atoms with E-state index < -0.39 is 0 Å². The summed E-state index contributed by atoms with van der Waals surface area (Å²) < 4.78 is 4.75. The molecule has 108 valence electrons. The summed E-state index contributed by atoms with van der Waals surface area (Å²) in [6, 6.07) is 16.5. The van der Waals surface area contributed by atoms with E-state index >= 15 is 0 Å². The van der Waals surface area contributed by atoms with E-state index in [-0.39, 0.29) is 11.8 Å². The van der Waals surface area contributed by atoms with Crippen molar-refractivity contribution in [2.24, 2.45) is 0 Å².